The molecule has 2 heterocycles. The Morgan fingerprint density at radius 2 is 2.12 bits per heavy atom. The largest absolute Gasteiger partial charge is 0.477 e. The van der Waals surface area contributed by atoms with Crippen molar-refractivity contribution in [1.82, 2.24) is 10.1 Å². The van der Waals surface area contributed by atoms with Gasteiger partial charge in [-0.15, -0.1) is 0 Å². The molecule has 1 N–H and O–H groups in total. The fourth-order valence-corrected chi connectivity index (χ4v) is 2.65. The number of aromatic nitrogens is 1. The van der Waals surface area contributed by atoms with Gasteiger partial charge in [0.25, 0.3) is 5.91 Å². The van der Waals surface area contributed by atoms with Crippen LogP contribution in [0.4, 0.5) is 11.6 Å². The molecule has 3 rings (SSSR count). The van der Waals surface area contributed by atoms with Crippen LogP contribution in [0.15, 0.2) is 34.9 Å². The standard InChI is InChI=1S/C17H20N4O4/c1-11-8-16(25-19-11)18-15(22)10-21-9-14(17(23)20(2)3)24-13-7-5-4-6-12(13)21/h4-8,14H,9-10H2,1-3H3,(H,18,22). The molecule has 132 valence electrons. The minimum Gasteiger partial charge on any atom is -0.477 e. The third kappa shape index (κ3) is 3.73. The number of hydrogen-bond donors (Lipinski definition) is 1. The van der Waals surface area contributed by atoms with Crippen LogP contribution < -0.4 is 15.0 Å². The number of fused-ring (bicyclic) bond motifs is 1. The van der Waals surface area contributed by atoms with E-state index < -0.39 is 6.10 Å². The van der Waals surface area contributed by atoms with Crippen LogP contribution in [0.1, 0.15) is 5.69 Å². The van der Waals surface area contributed by atoms with Gasteiger partial charge >= 0.3 is 0 Å². The molecule has 0 saturated heterocycles. The molecule has 0 saturated carbocycles. The summed E-state index contributed by atoms with van der Waals surface area (Å²) in [5.74, 6) is 0.469. The lowest BCUT2D eigenvalue weighted by Crippen LogP contribution is -2.50. The molecular formula is C17H20N4O4. The van der Waals surface area contributed by atoms with Crippen LogP contribution in [0, 0.1) is 6.92 Å². The molecule has 25 heavy (non-hydrogen) atoms. The second kappa shape index (κ2) is 6.84. The number of benzene rings is 1. The number of ether oxygens (including phenoxy) is 1. The van der Waals surface area contributed by atoms with Gasteiger partial charge in [-0.2, -0.15) is 0 Å². The number of likely N-dealkylation sites (N-methyl/N-ethyl adjacent to an activating group) is 1. The molecule has 1 aliphatic heterocycles. The van der Waals surface area contributed by atoms with Gasteiger partial charge in [-0.3, -0.25) is 14.9 Å². The molecule has 8 heteroatoms. The van der Waals surface area contributed by atoms with Crippen molar-refractivity contribution in [2.75, 3.05) is 37.4 Å². The fraction of sp³-hybridized carbons (Fsp3) is 0.353. The van der Waals surface area contributed by atoms with Gasteiger partial charge in [-0.05, 0) is 19.1 Å². The van der Waals surface area contributed by atoms with E-state index in [1.807, 2.05) is 23.1 Å². The number of carbonyl (C=O) groups excluding carboxylic acids is 2. The summed E-state index contributed by atoms with van der Waals surface area (Å²) in [5.41, 5.74) is 1.46. The number of amides is 2. The topological polar surface area (TPSA) is 87.9 Å². The van der Waals surface area contributed by atoms with Crippen molar-refractivity contribution in [1.29, 1.82) is 0 Å². The number of nitrogens with one attached hydrogen (secondary N) is 1. The molecule has 0 fully saturated rings. The van der Waals surface area contributed by atoms with Crippen LogP contribution >= 0.6 is 0 Å². The molecule has 0 aliphatic carbocycles. The maximum atomic E-state index is 12.3. The van der Waals surface area contributed by atoms with Crippen LogP contribution in [-0.4, -0.2) is 55.2 Å². The number of carbonyl (C=O) groups is 2. The highest BCUT2D eigenvalue weighted by atomic mass is 16.5. The predicted molar refractivity (Wildman–Crippen MR) is 91.6 cm³/mol. The number of para-hydroxylation sites is 2. The first kappa shape index (κ1) is 16.8. The lowest BCUT2D eigenvalue weighted by molar-refractivity contribution is -0.136. The lowest BCUT2D eigenvalue weighted by atomic mass is 10.1. The fourth-order valence-electron chi connectivity index (χ4n) is 2.65. The van der Waals surface area contributed by atoms with Gasteiger partial charge in [0.15, 0.2) is 6.10 Å². The van der Waals surface area contributed by atoms with Crippen LogP contribution in [0.3, 0.4) is 0 Å². The van der Waals surface area contributed by atoms with Crippen LogP contribution in [0.25, 0.3) is 0 Å². The van der Waals surface area contributed by atoms with Crippen molar-refractivity contribution in [2.24, 2.45) is 0 Å². The average molecular weight is 344 g/mol. The van der Waals surface area contributed by atoms with Crippen LogP contribution in [-0.2, 0) is 9.59 Å². The zero-order valence-corrected chi connectivity index (χ0v) is 14.4. The van der Waals surface area contributed by atoms with Gasteiger partial charge in [-0.1, -0.05) is 17.3 Å². The average Bonchev–Trinajstić information content (AvgIpc) is 2.98. The number of aryl methyl sites for hydroxylation is 1. The molecule has 1 aromatic heterocycles. The highest BCUT2D eigenvalue weighted by molar-refractivity contribution is 5.94. The van der Waals surface area contributed by atoms with E-state index in [0.29, 0.717) is 17.3 Å². The maximum Gasteiger partial charge on any atom is 0.265 e. The molecule has 1 aromatic carbocycles. The van der Waals surface area contributed by atoms with E-state index in [1.165, 1.54) is 4.90 Å². The predicted octanol–water partition coefficient (Wildman–Crippen LogP) is 1.28. The summed E-state index contributed by atoms with van der Waals surface area (Å²) in [4.78, 5) is 27.9. The van der Waals surface area contributed by atoms with Crippen LogP contribution in [0.2, 0.25) is 0 Å². The molecule has 0 radical (unpaired) electrons. The molecule has 0 bridgehead atoms. The van der Waals surface area contributed by atoms with E-state index >= 15 is 0 Å². The second-order valence-corrected chi connectivity index (χ2v) is 6.07. The summed E-state index contributed by atoms with van der Waals surface area (Å²) in [6.45, 7) is 2.13. The van der Waals surface area contributed by atoms with E-state index in [0.717, 1.165) is 5.69 Å². The molecule has 2 amide bonds. The Morgan fingerprint density at radius 1 is 1.36 bits per heavy atom. The summed E-state index contributed by atoms with van der Waals surface area (Å²) in [7, 11) is 3.35. The summed E-state index contributed by atoms with van der Waals surface area (Å²) in [5, 5.41) is 6.40. The summed E-state index contributed by atoms with van der Waals surface area (Å²) in [6, 6.07) is 8.98. The highest BCUT2D eigenvalue weighted by Crippen LogP contribution is 2.33. The second-order valence-electron chi connectivity index (χ2n) is 6.07. The zero-order valence-electron chi connectivity index (χ0n) is 14.4. The number of anilines is 2. The summed E-state index contributed by atoms with van der Waals surface area (Å²) in [6.07, 6.45) is -0.662. The van der Waals surface area contributed by atoms with Crippen molar-refractivity contribution in [3.63, 3.8) is 0 Å². The van der Waals surface area contributed by atoms with Crippen molar-refractivity contribution in [3.05, 3.63) is 36.0 Å². The van der Waals surface area contributed by atoms with E-state index in [1.54, 1.807) is 33.2 Å². The quantitative estimate of drug-likeness (QED) is 0.899. The molecular weight excluding hydrogens is 324 g/mol. The third-order valence-electron chi connectivity index (χ3n) is 3.80. The first-order valence-corrected chi connectivity index (χ1v) is 7.89. The van der Waals surface area contributed by atoms with E-state index in [9.17, 15) is 9.59 Å². The van der Waals surface area contributed by atoms with Gasteiger partial charge in [0.1, 0.15) is 5.75 Å². The number of nitrogens with zero attached hydrogens (tertiary/aromatic N) is 3. The molecule has 2 aromatic rings. The molecule has 8 nitrogen and oxygen atoms in total. The Labute approximate surface area is 145 Å². The Morgan fingerprint density at radius 3 is 2.80 bits per heavy atom. The minimum atomic E-state index is -0.662. The van der Waals surface area contributed by atoms with Crippen LogP contribution in [0.5, 0.6) is 5.75 Å². The lowest BCUT2D eigenvalue weighted by Gasteiger charge is -2.35. The van der Waals surface area contributed by atoms with Gasteiger partial charge < -0.3 is 19.1 Å². The first-order valence-electron chi connectivity index (χ1n) is 7.89. The monoisotopic (exact) mass is 344 g/mol. The number of rotatable bonds is 4. The Hall–Kier alpha value is -3.03. The summed E-state index contributed by atoms with van der Waals surface area (Å²) >= 11 is 0. The maximum absolute atomic E-state index is 12.3. The normalized spacial score (nSPS) is 16.0. The first-order chi connectivity index (χ1) is 11.9. The molecule has 1 unspecified atom stereocenters. The van der Waals surface area contributed by atoms with E-state index in [2.05, 4.69) is 10.5 Å². The van der Waals surface area contributed by atoms with Gasteiger partial charge in [0.2, 0.25) is 11.8 Å². The smallest absolute Gasteiger partial charge is 0.265 e. The van der Waals surface area contributed by atoms with Crippen molar-refractivity contribution >= 4 is 23.4 Å². The highest BCUT2D eigenvalue weighted by Gasteiger charge is 2.32. The Bertz CT molecular complexity index is 786. The number of hydrogen-bond acceptors (Lipinski definition) is 6. The third-order valence-corrected chi connectivity index (χ3v) is 3.80. The van der Waals surface area contributed by atoms with Gasteiger partial charge in [0, 0.05) is 20.2 Å². The van der Waals surface area contributed by atoms with Gasteiger partial charge in [-0.25, -0.2) is 0 Å². The van der Waals surface area contributed by atoms with E-state index in [4.69, 9.17) is 9.26 Å². The SMILES string of the molecule is Cc1cc(NC(=O)CN2CC(C(=O)N(C)C)Oc3ccccc32)on1. The Balaban J connectivity index is 1.76. The molecule has 1 atom stereocenters. The van der Waals surface area contributed by atoms with E-state index in [-0.39, 0.29) is 24.9 Å². The molecule has 0 spiro atoms. The van der Waals surface area contributed by atoms with Gasteiger partial charge in [0.05, 0.1) is 24.5 Å². The zero-order chi connectivity index (χ0) is 18.0. The minimum absolute atomic E-state index is 0.0668. The summed E-state index contributed by atoms with van der Waals surface area (Å²) < 4.78 is 10.8. The van der Waals surface area contributed by atoms with Crippen molar-refractivity contribution in [2.45, 2.75) is 13.0 Å². The molecule has 1 aliphatic rings. The Kier molecular flexibility index (Phi) is 4.60. The van der Waals surface area contributed by atoms with Crippen molar-refractivity contribution < 1.29 is 18.8 Å². The van der Waals surface area contributed by atoms with Crippen molar-refractivity contribution in [3.8, 4) is 5.75 Å².